The van der Waals surface area contributed by atoms with Crippen molar-refractivity contribution in [2.24, 2.45) is 0 Å². The Morgan fingerprint density at radius 2 is 2.00 bits per heavy atom. The number of aromatic nitrogens is 2. The highest BCUT2D eigenvalue weighted by atomic mass is 32.1. The lowest BCUT2D eigenvalue weighted by Gasteiger charge is -2.06. The van der Waals surface area contributed by atoms with E-state index >= 15 is 0 Å². The Labute approximate surface area is 118 Å². The van der Waals surface area contributed by atoms with E-state index in [-0.39, 0.29) is 11.4 Å². The van der Waals surface area contributed by atoms with Gasteiger partial charge in [-0.3, -0.25) is 5.10 Å². The SMILES string of the molecule is Cc1cscc1-c1[nH]nc(N)c1-c1ccc(F)cc1F. The molecule has 1 aromatic carbocycles. The molecule has 0 saturated heterocycles. The smallest absolute Gasteiger partial charge is 0.153 e. The maximum Gasteiger partial charge on any atom is 0.153 e. The van der Waals surface area contributed by atoms with Gasteiger partial charge >= 0.3 is 0 Å². The Kier molecular flexibility index (Phi) is 3.02. The summed E-state index contributed by atoms with van der Waals surface area (Å²) >= 11 is 1.54. The van der Waals surface area contributed by atoms with Gasteiger partial charge in [-0.05, 0) is 30.0 Å². The zero-order valence-electron chi connectivity index (χ0n) is 10.6. The van der Waals surface area contributed by atoms with Gasteiger partial charge < -0.3 is 5.73 Å². The minimum Gasteiger partial charge on any atom is -0.382 e. The molecule has 3 N–H and O–H groups in total. The van der Waals surface area contributed by atoms with Gasteiger partial charge in [0, 0.05) is 22.6 Å². The molecule has 0 saturated carbocycles. The van der Waals surface area contributed by atoms with E-state index in [4.69, 9.17) is 5.73 Å². The number of rotatable bonds is 2. The molecular weight excluding hydrogens is 280 g/mol. The summed E-state index contributed by atoms with van der Waals surface area (Å²) in [7, 11) is 0. The fourth-order valence-corrected chi connectivity index (χ4v) is 2.97. The first kappa shape index (κ1) is 12.8. The van der Waals surface area contributed by atoms with Crippen LogP contribution in [0.15, 0.2) is 29.0 Å². The Morgan fingerprint density at radius 1 is 1.20 bits per heavy atom. The third-order valence-corrected chi connectivity index (χ3v) is 3.98. The summed E-state index contributed by atoms with van der Waals surface area (Å²) in [6.45, 7) is 1.95. The fraction of sp³-hybridized carbons (Fsp3) is 0.0714. The van der Waals surface area contributed by atoms with Crippen LogP contribution in [0.25, 0.3) is 22.4 Å². The summed E-state index contributed by atoms with van der Waals surface area (Å²) in [6, 6.07) is 3.41. The van der Waals surface area contributed by atoms with Gasteiger partial charge in [0.1, 0.15) is 11.6 Å². The van der Waals surface area contributed by atoms with E-state index in [1.807, 2.05) is 17.7 Å². The molecule has 0 aliphatic rings. The van der Waals surface area contributed by atoms with Crippen LogP contribution in [-0.4, -0.2) is 10.2 Å². The highest BCUT2D eigenvalue weighted by Gasteiger charge is 2.19. The number of nitrogens with zero attached hydrogens (tertiary/aromatic N) is 1. The van der Waals surface area contributed by atoms with Crippen LogP contribution in [0.3, 0.4) is 0 Å². The molecule has 0 atom stereocenters. The largest absolute Gasteiger partial charge is 0.382 e. The topological polar surface area (TPSA) is 54.7 Å². The predicted octanol–water partition coefficient (Wildman–Crippen LogP) is 3.97. The van der Waals surface area contributed by atoms with Crippen molar-refractivity contribution in [1.29, 1.82) is 0 Å². The van der Waals surface area contributed by atoms with Gasteiger partial charge in [0.15, 0.2) is 5.82 Å². The summed E-state index contributed by atoms with van der Waals surface area (Å²) in [4.78, 5) is 0. The molecule has 0 radical (unpaired) electrons. The summed E-state index contributed by atoms with van der Waals surface area (Å²) in [5.74, 6) is -1.09. The number of halogens is 2. The van der Waals surface area contributed by atoms with Gasteiger partial charge in [0.2, 0.25) is 0 Å². The standard InChI is InChI=1S/C14H11F2N3S/c1-7-5-20-6-10(7)13-12(14(17)19-18-13)9-3-2-8(15)4-11(9)16/h2-6H,1H3,(H3,17,18,19). The number of hydrogen-bond acceptors (Lipinski definition) is 3. The minimum absolute atomic E-state index is 0.191. The molecule has 0 fully saturated rings. The van der Waals surface area contributed by atoms with Crippen LogP contribution in [-0.2, 0) is 0 Å². The van der Waals surface area contributed by atoms with Crippen LogP contribution >= 0.6 is 11.3 Å². The average Bonchev–Trinajstić information content (AvgIpc) is 2.96. The highest BCUT2D eigenvalue weighted by molar-refractivity contribution is 7.08. The lowest BCUT2D eigenvalue weighted by atomic mass is 10.0. The normalized spacial score (nSPS) is 10.9. The van der Waals surface area contributed by atoms with Crippen LogP contribution in [0.1, 0.15) is 5.56 Å². The number of thiophene rings is 1. The molecule has 102 valence electrons. The molecule has 2 heterocycles. The first-order valence-electron chi connectivity index (χ1n) is 5.90. The van der Waals surface area contributed by atoms with Crippen LogP contribution < -0.4 is 5.73 Å². The van der Waals surface area contributed by atoms with Crippen molar-refractivity contribution in [1.82, 2.24) is 10.2 Å². The molecule has 3 aromatic rings. The van der Waals surface area contributed by atoms with E-state index in [0.717, 1.165) is 17.2 Å². The van der Waals surface area contributed by atoms with Crippen LogP contribution in [0.4, 0.5) is 14.6 Å². The predicted molar refractivity (Wildman–Crippen MR) is 76.4 cm³/mol. The second-order valence-electron chi connectivity index (χ2n) is 4.45. The van der Waals surface area contributed by atoms with Crippen LogP contribution in [0.2, 0.25) is 0 Å². The first-order chi connectivity index (χ1) is 9.58. The molecule has 0 spiro atoms. The summed E-state index contributed by atoms with van der Waals surface area (Å²) in [5.41, 5.74) is 9.14. The number of aryl methyl sites for hydroxylation is 1. The van der Waals surface area contributed by atoms with Crippen molar-refractivity contribution < 1.29 is 8.78 Å². The zero-order valence-corrected chi connectivity index (χ0v) is 11.4. The zero-order chi connectivity index (χ0) is 14.3. The lowest BCUT2D eigenvalue weighted by Crippen LogP contribution is -1.92. The highest BCUT2D eigenvalue weighted by Crippen LogP contribution is 2.38. The maximum atomic E-state index is 14.0. The number of hydrogen-bond donors (Lipinski definition) is 2. The van der Waals surface area contributed by atoms with Gasteiger partial charge in [-0.15, -0.1) is 0 Å². The molecule has 0 bridgehead atoms. The number of H-pyrrole nitrogens is 1. The minimum atomic E-state index is -0.660. The number of nitrogens with one attached hydrogen (secondary N) is 1. The van der Waals surface area contributed by atoms with Crippen molar-refractivity contribution in [3.05, 3.63) is 46.2 Å². The van der Waals surface area contributed by atoms with Crippen molar-refractivity contribution in [3.63, 3.8) is 0 Å². The molecule has 0 unspecified atom stereocenters. The van der Waals surface area contributed by atoms with Crippen LogP contribution in [0, 0.1) is 18.6 Å². The number of benzene rings is 1. The second kappa shape index (κ2) is 4.72. The van der Waals surface area contributed by atoms with Crippen molar-refractivity contribution >= 4 is 17.2 Å². The number of nitrogen functional groups attached to an aromatic ring is 1. The van der Waals surface area contributed by atoms with E-state index in [2.05, 4.69) is 10.2 Å². The summed E-state index contributed by atoms with van der Waals surface area (Å²) in [6.07, 6.45) is 0. The molecule has 0 aliphatic heterocycles. The maximum absolute atomic E-state index is 14.0. The van der Waals surface area contributed by atoms with E-state index in [9.17, 15) is 8.78 Å². The van der Waals surface area contributed by atoms with Gasteiger partial charge in [-0.25, -0.2) is 8.78 Å². The molecule has 20 heavy (non-hydrogen) atoms. The first-order valence-corrected chi connectivity index (χ1v) is 6.84. The molecule has 0 aliphatic carbocycles. The number of nitrogens with two attached hydrogens (primary N) is 1. The van der Waals surface area contributed by atoms with Crippen molar-refractivity contribution in [3.8, 4) is 22.4 Å². The third kappa shape index (κ3) is 1.98. The molecule has 0 amide bonds. The summed E-state index contributed by atoms with van der Waals surface area (Å²) in [5, 5.41) is 10.7. The quantitative estimate of drug-likeness (QED) is 0.750. The van der Waals surface area contributed by atoms with E-state index in [1.165, 1.54) is 23.5 Å². The molecule has 3 nitrogen and oxygen atoms in total. The Morgan fingerprint density at radius 3 is 2.65 bits per heavy atom. The van der Waals surface area contributed by atoms with E-state index in [1.54, 1.807) is 0 Å². The van der Waals surface area contributed by atoms with Crippen molar-refractivity contribution in [2.45, 2.75) is 6.92 Å². The number of aromatic amines is 1. The fourth-order valence-electron chi connectivity index (χ4n) is 2.13. The average molecular weight is 291 g/mol. The third-order valence-electron chi connectivity index (χ3n) is 3.12. The molecule has 6 heteroatoms. The van der Waals surface area contributed by atoms with E-state index in [0.29, 0.717) is 11.3 Å². The summed E-state index contributed by atoms with van der Waals surface area (Å²) < 4.78 is 27.0. The second-order valence-corrected chi connectivity index (χ2v) is 5.20. The van der Waals surface area contributed by atoms with E-state index < -0.39 is 11.6 Å². The molecule has 2 aromatic heterocycles. The van der Waals surface area contributed by atoms with Gasteiger partial charge in [-0.2, -0.15) is 16.4 Å². The Balaban J connectivity index is 2.24. The Hall–Kier alpha value is -2.21. The van der Waals surface area contributed by atoms with Crippen LogP contribution in [0.5, 0.6) is 0 Å². The monoisotopic (exact) mass is 291 g/mol. The van der Waals surface area contributed by atoms with Gasteiger partial charge in [0.25, 0.3) is 0 Å². The van der Waals surface area contributed by atoms with Gasteiger partial charge in [0.05, 0.1) is 11.3 Å². The Bertz CT molecular complexity index is 777. The van der Waals surface area contributed by atoms with Crippen molar-refractivity contribution in [2.75, 3.05) is 5.73 Å². The molecule has 3 rings (SSSR count). The molecular formula is C14H11F2N3S. The number of anilines is 1. The van der Waals surface area contributed by atoms with Gasteiger partial charge in [-0.1, -0.05) is 0 Å². The lowest BCUT2D eigenvalue weighted by molar-refractivity contribution is 0.585.